The number of hydrogen-bond acceptors (Lipinski definition) is 8. The Kier molecular flexibility index (Phi) is 8.63. The van der Waals surface area contributed by atoms with E-state index in [4.69, 9.17) is 0 Å². The van der Waals surface area contributed by atoms with Crippen LogP contribution in [0.2, 0.25) is 0 Å². The van der Waals surface area contributed by atoms with Gasteiger partial charge in [-0.25, -0.2) is 23.1 Å². The number of nitriles is 1. The number of amides is 2. The number of hydrogen-bond donors (Lipinski definition) is 2. The van der Waals surface area contributed by atoms with Crippen molar-refractivity contribution < 1.29 is 22.8 Å². The van der Waals surface area contributed by atoms with E-state index < -0.39 is 42.3 Å². The molecule has 3 aliphatic rings. The normalized spacial score (nSPS) is 23.3. The number of carbonyl (C=O) groups is 2. The van der Waals surface area contributed by atoms with Crippen molar-refractivity contribution in [3.05, 3.63) is 47.7 Å². The number of aromatic nitrogens is 2. The molecular weight excluding hydrogens is 549 g/mol. The molecule has 2 amide bonds. The number of rotatable bonds is 6. The molecule has 5 rings (SSSR count). The average Bonchev–Trinajstić information content (AvgIpc) is 2.99. The molecule has 2 unspecified atom stereocenters. The fourth-order valence-electron chi connectivity index (χ4n) is 5.73. The number of anilines is 3. The molecule has 3 atom stereocenters. The van der Waals surface area contributed by atoms with Crippen molar-refractivity contribution in [2.24, 2.45) is 11.8 Å². The Bertz CT molecular complexity index is 1430. The minimum absolute atomic E-state index is 0.0338. The first kappa shape index (κ1) is 29.3. The highest BCUT2D eigenvalue weighted by Gasteiger charge is 2.40. The maximum Gasteiger partial charge on any atom is 0.242 e. The van der Waals surface area contributed by atoms with Gasteiger partial charge < -0.3 is 25.3 Å². The van der Waals surface area contributed by atoms with E-state index in [1.54, 1.807) is 12.1 Å². The first-order chi connectivity index (χ1) is 20.1. The summed E-state index contributed by atoms with van der Waals surface area (Å²) in [5, 5.41) is 14.5. The zero-order chi connectivity index (χ0) is 30.0. The van der Waals surface area contributed by atoms with Crippen molar-refractivity contribution in [1.82, 2.24) is 20.2 Å². The fourth-order valence-corrected chi connectivity index (χ4v) is 5.73. The van der Waals surface area contributed by atoms with Gasteiger partial charge in [0.25, 0.3) is 0 Å². The first-order valence-corrected chi connectivity index (χ1v) is 14.0. The molecule has 3 aliphatic heterocycles. The van der Waals surface area contributed by atoms with E-state index in [0.29, 0.717) is 55.4 Å². The number of nitrogens with zero attached hydrogens (tertiary/aromatic N) is 6. The number of piperidine rings is 1. The third-order valence-electron chi connectivity index (χ3n) is 8.32. The number of piperazine rings is 1. The van der Waals surface area contributed by atoms with E-state index in [1.165, 1.54) is 12.3 Å². The predicted octanol–water partition coefficient (Wildman–Crippen LogP) is 2.88. The predicted molar refractivity (Wildman–Crippen MR) is 151 cm³/mol. The molecule has 0 saturated carbocycles. The molecule has 0 aliphatic carbocycles. The molecule has 10 nitrogen and oxygen atoms in total. The summed E-state index contributed by atoms with van der Waals surface area (Å²) in [5.74, 6) is -3.60. The highest BCUT2D eigenvalue weighted by molar-refractivity contribution is 5.98. The van der Waals surface area contributed by atoms with Crippen LogP contribution >= 0.6 is 0 Å². The van der Waals surface area contributed by atoms with E-state index in [-0.39, 0.29) is 24.0 Å². The zero-order valence-electron chi connectivity index (χ0n) is 23.5. The highest BCUT2D eigenvalue weighted by atomic mass is 19.3. The van der Waals surface area contributed by atoms with Gasteiger partial charge in [0.15, 0.2) is 0 Å². The van der Waals surface area contributed by atoms with Crippen molar-refractivity contribution in [3.8, 4) is 6.07 Å². The third kappa shape index (κ3) is 6.18. The van der Waals surface area contributed by atoms with Crippen LogP contribution in [0.4, 0.5) is 30.4 Å². The van der Waals surface area contributed by atoms with E-state index >= 15 is 4.39 Å². The number of likely N-dealkylation sites (N-methyl/N-ethyl adjacent to an activating group) is 1. The SMILES string of the molecule is C[C@H]1CN(c2cc(F)c(C3=CCCN(c4ccnc(C#N)n4)C3)cc2NC(=O)C2CNC(=O)CC2C(F)F)CCN1C. The van der Waals surface area contributed by atoms with Crippen LogP contribution < -0.4 is 20.4 Å². The average molecular weight is 583 g/mol. The number of halogens is 3. The topological polar surface area (TPSA) is 117 Å². The van der Waals surface area contributed by atoms with Crippen molar-refractivity contribution in [2.75, 3.05) is 61.4 Å². The van der Waals surface area contributed by atoms with Gasteiger partial charge >= 0.3 is 0 Å². The summed E-state index contributed by atoms with van der Waals surface area (Å²) < 4.78 is 43.5. The van der Waals surface area contributed by atoms with Crippen molar-refractivity contribution >= 4 is 34.6 Å². The summed E-state index contributed by atoms with van der Waals surface area (Å²) in [6.45, 7) is 4.67. The van der Waals surface area contributed by atoms with Crippen LogP contribution in [0.3, 0.4) is 0 Å². The maximum absolute atomic E-state index is 15.9. The van der Waals surface area contributed by atoms with Gasteiger partial charge in [0.2, 0.25) is 24.1 Å². The quantitative estimate of drug-likeness (QED) is 0.534. The molecule has 222 valence electrons. The van der Waals surface area contributed by atoms with E-state index in [0.717, 1.165) is 6.54 Å². The van der Waals surface area contributed by atoms with Crippen LogP contribution in [0.25, 0.3) is 5.57 Å². The molecule has 2 saturated heterocycles. The van der Waals surface area contributed by atoms with Crippen LogP contribution in [0.1, 0.15) is 31.2 Å². The van der Waals surface area contributed by atoms with E-state index in [1.807, 2.05) is 29.0 Å². The lowest BCUT2D eigenvalue weighted by Crippen LogP contribution is -2.50. The molecule has 0 radical (unpaired) electrons. The van der Waals surface area contributed by atoms with Crippen LogP contribution in [-0.2, 0) is 9.59 Å². The number of carbonyl (C=O) groups excluding carboxylic acids is 2. The van der Waals surface area contributed by atoms with Crippen LogP contribution in [0, 0.1) is 29.0 Å². The van der Waals surface area contributed by atoms with Crippen molar-refractivity contribution in [3.63, 3.8) is 0 Å². The van der Waals surface area contributed by atoms with Gasteiger partial charge in [-0.1, -0.05) is 6.08 Å². The maximum atomic E-state index is 15.9. The lowest BCUT2D eigenvalue weighted by Gasteiger charge is -2.40. The Morgan fingerprint density at radius 1 is 1.24 bits per heavy atom. The lowest BCUT2D eigenvalue weighted by molar-refractivity contribution is -0.133. The van der Waals surface area contributed by atoms with Gasteiger partial charge in [-0.05, 0) is 44.2 Å². The molecule has 1 aromatic heterocycles. The molecule has 13 heteroatoms. The van der Waals surface area contributed by atoms with Crippen LogP contribution in [0.15, 0.2) is 30.5 Å². The summed E-state index contributed by atoms with van der Waals surface area (Å²) in [6.07, 6.45) is 0.743. The lowest BCUT2D eigenvalue weighted by atomic mass is 9.85. The summed E-state index contributed by atoms with van der Waals surface area (Å²) in [4.78, 5) is 39.5. The second-order valence-corrected chi connectivity index (χ2v) is 11.0. The van der Waals surface area contributed by atoms with Crippen molar-refractivity contribution in [2.45, 2.75) is 32.2 Å². The van der Waals surface area contributed by atoms with Gasteiger partial charge in [-0.15, -0.1) is 0 Å². The third-order valence-corrected chi connectivity index (χ3v) is 8.32. The molecule has 0 bridgehead atoms. The summed E-state index contributed by atoms with van der Waals surface area (Å²) in [7, 11) is 2.01. The first-order valence-electron chi connectivity index (χ1n) is 14.0. The van der Waals surface area contributed by atoms with Gasteiger partial charge in [0.1, 0.15) is 17.7 Å². The van der Waals surface area contributed by atoms with E-state index in [2.05, 4.69) is 32.4 Å². The highest BCUT2D eigenvalue weighted by Crippen LogP contribution is 2.36. The second kappa shape index (κ2) is 12.4. The fraction of sp³-hybridized carbons (Fsp3) is 0.483. The monoisotopic (exact) mass is 582 g/mol. The molecule has 4 heterocycles. The standard InChI is InChI=1S/C29H33F3N8O2/c1-17-15-39(9-8-38(17)2)24-12-22(30)19(18-4-3-7-40(16-18)26-5-6-34-25(13-33)37-26)10-23(24)36-29(42)21-14-35-27(41)11-20(21)28(31)32/h4-6,10,12,17,20-21,28H,3,7-9,11,14-16H2,1-2H3,(H,35,41)(H,36,42)/t17-,20?,21?/m0/s1. The number of nitrogens with one attached hydrogen (secondary N) is 2. The Morgan fingerprint density at radius 2 is 2.05 bits per heavy atom. The second-order valence-electron chi connectivity index (χ2n) is 11.0. The number of alkyl halides is 2. The molecule has 2 aromatic rings. The van der Waals surface area contributed by atoms with Gasteiger partial charge in [0, 0.05) is 69.4 Å². The molecular formula is C29H33F3N8O2. The molecule has 0 spiro atoms. The molecule has 1 aromatic carbocycles. The Morgan fingerprint density at radius 3 is 2.79 bits per heavy atom. The Balaban J connectivity index is 1.48. The van der Waals surface area contributed by atoms with Crippen LogP contribution in [-0.4, -0.2) is 85.5 Å². The summed E-state index contributed by atoms with van der Waals surface area (Å²) >= 11 is 0. The Hall–Kier alpha value is -4.18. The smallest absolute Gasteiger partial charge is 0.242 e. The largest absolute Gasteiger partial charge is 0.367 e. The minimum atomic E-state index is -2.84. The van der Waals surface area contributed by atoms with E-state index in [9.17, 15) is 23.6 Å². The summed E-state index contributed by atoms with van der Waals surface area (Å²) in [5.41, 5.74) is 1.74. The molecule has 2 N–H and O–H groups in total. The van der Waals surface area contributed by atoms with Gasteiger partial charge in [0.05, 0.1) is 17.3 Å². The van der Waals surface area contributed by atoms with Crippen LogP contribution in [0.5, 0.6) is 0 Å². The zero-order valence-corrected chi connectivity index (χ0v) is 23.5. The van der Waals surface area contributed by atoms with Gasteiger partial charge in [-0.3, -0.25) is 9.59 Å². The molecule has 42 heavy (non-hydrogen) atoms. The number of benzene rings is 1. The molecule has 2 fully saturated rings. The Labute approximate surface area is 242 Å². The minimum Gasteiger partial charge on any atom is -0.367 e. The summed E-state index contributed by atoms with van der Waals surface area (Å²) in [6, 6.07) is 6.75. The van der Waals surface area contributed by atoms with Gasteiger partial charge in [-0.2, -0.15) is 5.26 Å². The van der Waals surface area contributed by atoms with Crippen molar-refractivity contribution in [1.29, 1.82) is 5.26 Å².